The highest BCUT2D eigenvalue weighted by Crippen LogP contribution is 2.44. The minimum absolute atomic E-state index is 0. The molecular weight excluding hydrogens is 684 g/mol. The van der Waals surface area contributed by atoms with Gasteiger partial charge in [0, 0.05) is 0 Å². The van der Waals surface area contributed by atoms with E-state index in [9.17, 15) is 39.5 Å². The van der Waals surface area contributed by atoms with Gasteiger partial charge in [0.1, 0.15) is 22.6 Å². The first-order valence-electron chi connectivity index (χ1n) is 16.2. The number of aromatic carboxylic acids is 2. The predicted octanol–water partition coefficient (Wildman–Crippen LogP) is 10.4. The first kappa shape index (κ1) is 43.4. The molecule has 1 unspecified atom stereocenters. The molecule has 0 spiro atoms. The number of carbonyl (C=O) groups is 2. The Labute approximate surface area is 293 Å². The van der Waals surface area contributed by atoms with Gasteiger partial charge in [-0.3, -0.25) is 9.05 Å². The van der Waals surface area contributed by atoms with E-state index in [1.54, 1.807) is 0 Å². The molecule has 11 nitrogen and oxygen atoms in total. The lowest BCUT2D eigenvalue weighted by Crippen LogP contribution is -2.02. The lowest BCUT2D eigenvalue weighted by molar-refractivity contribution is 0.0682. The van der Waals surface area contributed by atoms with E-state index in [4.69, 9.17) is 32.2 Å². The van der Waals surface area contributed by atoms with Crippen LogP contribution in [0.15, 0.2) is 30.3 Å². The van der Waals surface area contributed by atoms with Crippen molar-refractivity contribution >= 4 is 48.5 Å². The first-order valence-corrected chi connectivity index (χ1v) is 18.5. The van der Waals surface area contributed by atoms with Crippen LogP contribution >= 0.6 is 31.0 Å². The Morgan fingerprint density at radius 3 is 1.46 bits per heavy atom. The van der Waals surface area contributed by atoms with Crippen LogP contribution in [0.25, 0.3) is 5.57 Å². The van der Waals surface area contributed by atoms with Crippen molar-refractivity contribution in [3.8, 4) is 11.5 Å². The third kappa shape index (κ3) is 15.3. The SMILES string of the molecule is CCCCCCCCCCCCCCCCOP(=O)(O)OCCC=C(c1cc(Cl)c(O)c(C(=O)O)c1)c1cc(Cl)c(O)c(C(=O)O)c1.N. The molecule has 48 heavy (non-hydrogen) atoms. The fourth-order valence-electron chi connectivity index (χ4n) is 5.12. The number of carboxylic acid groups (broad SMARTS) is 2. The summed E-state index contributed by atoms with van der Waals surface area (Å²) in [6.07, 6.45) is 18.1. The summed E-state index contributed by atoms with van der Waals surface area (Å²) in [7, 11) is -4.35. The summed E-state index contributed by atoms with van der Waals surface area (Å²) >= 11 is 12.2. The Morgan fingerprint density at radius 1 is 0.688 bits per heavy atom. The zero-order chi connectivity index (χ0) is 34.8. The minimum atomic E-state index is -4.35. The molecule has 0 radical (unpaired) electrons. The number of phosphoric ester groups is 1. The fourth-order valence-corrected chi connectivity index (χ4v) is 6.33. The number of benzene rings is 2. The summed E-state index contributed by atoms with van der Waals surface area (Å²) in [6.45, 7) is 2.03. The first-order chi connectivity index (χ1) is 22.4. The van der Waals surface area contributed by atoms with Crippen molar-refractivity contribution in [3.63, 3.8) is 0 Å². The number of unbranched alkanes of at least 4 members (excludes halogenated alkanes) is 13. The number of phenols is 2. The van der Waals surface area contributed by atoms with Gasteiger partial charge in [-0.1, -0.05) is 120 Å². The lowest BCUT2D eigenvalue weighted by Gasteiger charge is -2.15. The second-order valence-electron chi connectivity index (χ2n) is 11.5. The lowest BCUT2D eigenvalue weighted by atomic mass is 9.93. The van der Waals surface area contributed by atoms with Gasteiger partial charge in [0.25, 0.3) is 0 Å². The Balaban J connectivity index is 0.0000115. The molecule has 2 rings (SSSR count). The summed E-state index contributed by atoms with van der Waals surface area (Å²) in [5, 5.41) is 38.7. The van der Waals surface area contributed by atoms with Crippen LogP contribution in [0.4, 0.5) is 0 Å². The fraction of sp³-hybridized carbons (Fsp3) is 0.529. The van der Waals surface area contributed by atoms with Gasteiger partial charge in [-0.2, -0.15) is 0 Å². The minimum Gasteiger partial charge on any atom is -0.505 e. The molecule has 8 N–H and O–H groups in total. The maximum Gasteiger partial charge on any atom is 0.472 e. The van der Waals surface area contributed by atoms with Crippen LogP contribution in [-0.2, 0) is 13.6 Å². The number of aromatic hydroxyl groups is 2. The van der Waals surface area contributed by atoms with Crippen LogP contribution in [0.1, 0.15) is 135 Å². The van der Waals surface area contributed by atoms with E-state index < -0.39 is 42.4 Å². The highest BCUT2D eigenvalue weighted by molar-refractivity contribution is 7.47. The summed E-state index contributed by atoms with van der Waals surface area (Å²) in [4.78, 5) is 33.5. The number of hydrogen-bond acceptors (Lipinski definition) is 8. The van der Waals surface area contributed by atoms with E-state index in [0.717, 1.165) is 31.4 Å². The predicted molar refractivity (Wildman–Crippen MR) is 189 cm³/mol. The molecule has 0 aliphatic heterocycles. The van der Waals surface area contributed by atoms with Crippen LogP contribution in [0.2, 0.25) is 10.0 Å². The van der Waals surface area contributed by atoms with E-state index in [-0.39, 0.29) is 52.5 Å². The topological polar surface area (TPSA) is 206 Å². The van der Waals surface area contributed by atoms with Gasteiger partial charge in [0.15, 0.2) is 0 Å². The van der Waals surface area contributed by atoms with Crippen molar-refractivity contribution < 1.29 is 48.5 Å². The van der Waals surface area contributed by atoms with Crippen molar-refractivity contribution in [1.29, 1.82) is 0 Å². The summed E-state index contributed by atoms with van der Waals surface area (Å²) in [5.74, 6) is -4.22. The molecule has 0 bridgehead atoms. The van der Waals surface area contributed by atoms with Crippen molar-refractivity contribution in [2.75, 3.05) is 13.2 Å². The second kappa shape index (κ2) is 22.9. The Hall–Kier alpha value is -2.63. The van der Waals surface area contributed by atoms with Crippen molar-refractivity contribution in [3.05, 3.63) is 62.6 Å². The molecule has 2 aromatic rings. The van der Waals surface area contributed by atoms with Gasteiger partial charge >= 0.3 is 19.8 Å². The molecule has 0 fully saturated rings. The number of hydrogen-bond donors (Lipinski definition) is 6. The second-order valence-corrected chi connectivity index (χ2v) is 13.7. The molecule has 0 heterocycles. The van der Waals surface area contributed by atoms with E-state index in [1.807, 2.05) is 0 Å². The number of rotatable bonds is 24. The average molecular weight is 735 g/mol. The number of phosphoric acid groups is 1. The third-order valence-electron chi connectivity index (χ3n) is 7.68. The highest BCUT2D eigenvalue weighted by Gasteiger charge is 2.22. The molecule has 14 heteroatoms. The van der Waals surface area contributed by atoms with E-state index in [0.29, 0.717) is 6.42 Å². The van der Waals surface area contributed by atoms with Crippen LogP contribution in [0.5, 0.6) is 11.5 Å². The van der Waals surface area contributed by atoms with Crippen molar-refractivity contribution in [2.45, 2.75) is 103 Å². The van der Waals surface area contributed by atoms with Crippen LogP contribution in [-0.4, -0.2) is 50.5 Å². The average Bonchev–Trinajstić information content (AvgIpc) is 3.01. The quantitative estimate of drug-likeness (QED) is 0.0442. The number of halogens is 2. The van der Waals surface area contributed by atoms with Gasteiger partial charge < -0.3 is 31.5 Å². The Bertz CT molecular complexity index is 1330. The monoisotopic (exact) mass is 733 g/mol. The van der Waals surface area contributed by atoms with Crippen molar-refractivity contribution in [2.24, 2.45) is 0 Å². The van der Waals surface area contributed by atoms with E-state index >= 15 is 0 Å². The molecule has 0 aliphatic rings. The third-order valence-corrected chi connectivity index (χ3v) is 9.28. The molecule has 1 atom stereocenters. The Kier molecular flexibility index (Phi) is 20.7. The smallest absolute Gasteiger partial charge is 0.472 e. The Morgan fingerprint density at radius 2 is 1.06 bits per heavy atom. The number of carboxylic acids is 2. The summed E-state index contributed by atoms with van der Waals surface area (Å²) in [5.41, 5.74) is -0.447. The maximum absolute atomic E-state index is 12.4. The van der Waals surface area contributed by atoms with Crippen LogP contribution in [0, 0.1) is 0 Å². The summed E-state index contributed by atoms with van der Waals surface area (Å²) < 4.78 is 22.6. The molecule has 2 aromatic carbocycles. The van der Waals surface area contributed by atoms with Gasteiger partial charge in [0.05, 0.1) is 23.3 Å². The molecule has 0 aliphatic carbocycles. The highest BCUT2D eigenvalue weighted by atomic mass is 35.5. The van der Waals surface area contributed by atoms with Crippen molar-refractivity contribution in [1.82, 2.24) is 6.15 Å². The van der Waals surface area contributed by atoms with Crippen LogP contribution < -0.4 is 6.15 Å². The van der Waals surface area contributed by atoms with Gasteiger partial charge in [-0.05, 0) is 53.8 Å². The van der Waals surface area contributed by atoms with Gasteiger partial charge in [-0.15, -0.1) is 0 Å². The van der Waals surface area contributed by atoms with E-state index in [1.165, 1.54) is 82.4 Å². The zero-order valence-corrected chi connectivity index (χ0v) is 30.0. The largest absolute Gasteiger partial charge is 0.505 e. The van der Waals surface area contributed by atoms with Crippen LogP contribution in [0.3, 0.4) is 0 Å². The normalized spacial score (nSPS) is 12.2. The zero-order valence-electron chi connectivity index (χ0n) is 27.6. The van der Waals surface area contributed by atoms with E-state index in [2.05, 4.69) is 6.92 Å². The molecule has 0 aromatic heterocycles. The molecule has 0 saturated heterocycles. The molecule has 0 saturated carbocycles. The van der Waals surface area contributed by atoms with Gasteiger partial charge in [0.2, 0.25) is 0 Å². The molecular formula is C34H50Cl2NO10P. The maximum atomic E-state index is 12.4. The summed E-state index contributed by atoms with van der Waals surface area (Å²) in [6, 6.07) is 4.81. The standard InChI is InChI=1S/C34H47Cl2O10P.H3N/c1-2-3-4-5-6-7-8-9-10-11-12-13-14-15-18-45-47(43,44)46-19-16-17-26(24-20-27(33(39)40)31(37)29(35)22-24)25-21-28(34(41)42)32(38)30(36)23-25;/h17,20-23,37-38H,2-16,18-19H2,1H3,(H,39,40)(H,41,42)(H,43,44);1H3. The molecule has 0 amide bonds. The molecule has 270 valence electrons. The van der Waals surface area contributed by atoms with Gasteiger partial charge in [-0.25, -0.2) is 14.2 Å².